The Labute approximate surface area is 191 Å². The van der Waals surface area contributed by atoms with Gasteiger partial charge in [-0.3, -0.25) is 9.59 Å². The van der Waals surface area contributed by atoms with Crippen LogP contribution in [0.4, 0.5) is 0 Å². The lowest BCUT2D eigenvalue weighted by Crippen LogP contribution is -2.35. The van der Waals surface area contributed by atoms with Crippen molar-refractivity contribution in [1.82, 2.24) is 15.7 Å². The lowest BCUT2D eigenvalue weighted by Gasteiger charge is -2.19. The highest BCUT2D eigenvalue weighted by Crippen LogP contribution is 2.26. The molecule has 0 aliphatic rings. The Hall–Kier alpha value is -2.48. The molecule has 0 saturated carbocycles. The fourth-order valence-corrected chi connectivity index (χ4v) is 3.62. The molecule has 0 spiro atoms. The summed E-state index contributed by atoms with van der Waals surface area (Å²) in [5, 5.41) is 13.8. The normalized spacial score (nSPS) is 12.1. The number of nitrogens with one attached hydrogen (secondary N) is 2. The number of hydrogen-bond acceptors (Lipinski definition) is 6. The number of nitrogens with zero attached hydrogens (tertiary/aromatic N) is 1. The minimum Gasteiger partial charge on any atom is -0.492 e. The Morgan fingerprint density at radius 2 is 1.81 bits per heavy atom. The standard InChI is InChI=1S/C25H37N3O4/c1-28(2)17-9-16-26-25(30)21(11-4-3-5-13-22(29)18-27-31)19-32-24-15-8-12-20-10-6-7-14-23(20)24/h6-8,10,12,14-15,21,27,31H,3-5,9,11,13,16-19H2,1-2H3,(H,26,30). The molecule has 7 heteroatoms. The predicted molar refractivity (Wildman–Crippen MR) is 127 cm³/mol. The Kier molecular flexibility index (Phi) is 11.7. The third-order valence-electron chi connectivity index (χ3n) is 5.43. The summed E-state index contributed by atoms with van der Waals surface area (Å²) in [6, 6.07) is 14.0. The highest BCUT2D eigenvalue weighted by atomic mass is 16.5. The predicted octanol–water partition coefficient (Wildman–Crippen LogP) is 3.40. The molecule has 0 aliphatic heterocycles. The van der Waals surface area contributed by atoms with Gasteiger partial charge in [-0.2, -0.15) is 5.48 Å². The molecular weight excluding hydrogens is 406 g/mol. The van der Waals surface area contributed by atoms with Gasteiger partial charge < -0.3 is 20.2 Å². The summed E-state index contributed by atoms with van der Waals surface area (Å²) in [7, 11) is 4.04. The molecule has 1 atom stereocenters. The summed E-state index contributed by atoms with van der Waals surface area (Å²) >= 11 is 0. The smallest absolute Gasteiger partial charge is 0.226 e. The topological polar surface area (TPSA) is 90.9 Å². The van der Waals surface area contributed by atoms with E-state index < -0.39 is 0 Å². The maximum absolute atomic E-state index is 12.8. The lowest BCUT2D eigenvalue weighted by molar-refractivity contribution is -0.126. The first-order valence-electron chi connectivity index (χ1n) is 11.4. The van der Waals surface area contributed by atoms with Gasteiger partial charge in [0.25, 0.3) is 0 Å². The summed E-state index contributed by atoms with van der Waals surface area (Å²) in [5.41, 5.74) is 1.90. The first kappa shape index (κ1) is 25.8. The number of Topliss-reactive ketones (excluding diaryl/α,β-unsaturated/α-hetero) is 1. The van der Waals surface area contributed by atoms with Gasteiger partial charge in [0.15, 0.2) is 0 Å². The number of benzene rings is 2. The summed E-state index contributed by atoms with van der Waals surface area (Å²) in [5.74, 6) is 0.547. The van der Waals surface area contributed by atoms with Crippen molar-refractivity contribution in [2.45, 2.75) is 38.5 Å². The Balaban J connectivity index is 1.90. The van der Waals surface area contributed by atoms with E-state index in [-0.39, 0.29) is 24.2 Å². The van der Waals surface area contributed by atoms with Crippen molar-refractivity contribution >= 4 is 22.5 Å². The van der Waals surface area contributed by atoms with Gasteiger partial charge in [-0.15, -0.1) is 0 Å². The van der Waals surface area contributed by atoms with Crippen molar-refractivity contribution in [3.8, 4) is 5.75 Å². The Bertz CT molecular complexity index is 836. The molecule has 32 heavy (non-hydrogen) atoms. The molecule has 2 aromatic carbocycles. The summed E-state index contributed by atoms with van der Waals surface area (Å²) in [4.78, 5) is 26.4. The molecule has 0 saturated heterocycles. The molecule has 3 N–H and O–H groups in total. The first-order chi connectivity index (χ1) is 15.5. The fourth-order valence-electron chi connectivity index (χ4n) is 3.62. The van der Waals surface area contributed by atoms with E-state index in [4.69, 9.17) is 9.94 Å². The largest absolute Gasteiger partial charge is 0.492 e. The van der Waals surface area contributed by atoms with Crippen molar-refractivity contribution in [2.24, 2.45) is 5.92 Å². The average Bonchev–Trinajstić information content (AvgIpc) is 2.78. The van der Waals surface area contributed by atoms with Crippen LogP contribution < -0.4 is 15.5 Å². The van der Waals surface area contributed by atoms with Crippen LogP contribution in [0.5, 0.6) is 5.75 Å². The van der Waals surface area contributed by atoms with Gasteiger partial charge in [0.05, 0.1) is 19.1 Å². The minimum absolute atomic E-state index is 0.0121. The third-order valence-corrected chi connectivity index (χ3v) is 5.43. The Morgan fingerprint density at radius 3 is 2.59 bits per heavy atom. The van der Waals surface area contributed by atoms with E-state index in [2.05, 4.69) is 10.2 Å². The van der Waals surface area contributed by atoms with E-state index >= 15 is 0 Å². The Morgan fingerprint density at radius 1 is 1.03 bits per heavy atom. The molecule has 0 heterocycles. The van der Waals surface area contributed by atoms with Crippen LogP contribution in [-0.4, -0.2) is 62.1 Å². The highest BCUT2D eigenvalue weighted by molar-refractivity contribution is 5.88. The van der Waals surface area contributed by atoms with Gasteiger partial charge in [0.1, 0.15) is 11.5 Å². The van der Waals surface area contributed by atoms with Crippen LogP contribution in [0.25, 0.3) is 10.8 Å². The molecule has 0 radical (unpaired) electrons. The molecule has 0 aromatic heterocycles. The van der Waals surface area contributed by atoms with Crippen LogP contribution >= 0.6 is 0 Å². The monoisotopic (exact) mass is 443 g/mol. The number of ether oxygens (including phenoxy) is 1. The lowest BCUT2D eigenvalue weighted by atomic mass is 9.99. The number of amides is 1. The minimum atomic E-state index is -0.247. The maximum Gasteiger partial charge on any atom is 0.226 e. The van der Waals surface area contributed by atoms with E-state index in [1.54, 1.807) is 0 Å². The number of carbonyl (C=O) groups excluding carboxylic acids is 2. The number of ketones is 1. The average molecular weight is 444 g/mol. The second-order valence-electron chi connectivity index (χ2n) is 8.41. The number of hydroxylamine groups is 1. The molecular formula is C25H37N3O4. The zero-order valence-corrected chi connectivity index (χ0v) is 19.3. The number of carbonyl (C=O) groups is 2. The second-order valence-corrected chi connectivity index (χ2v) is 8.41. The van der Waals surface area contributed by atoms with E-state index in [0.717, 1.165) is 48.8 Å². The fraction of sp³-hybridized carbons (Fsp3) is 0.520. The maximum atomic E-state index is 12.8. The second kappa shape index (κ2) is 14.6. The van der Waals surface area contributed by atoms with Crippen LogP contribution in [-0.2, 0) is 9.59 Å². The third kappa shape index (κ3) is 9.34. The van der Waals surface area contributed by atoms with Crippen LogP contribution in [0.1, 0.15) is 38.5 Å². The van der Waals surface area contributed by atoms with Crippen molar-refractivity contribution in [3.05, 3.63) is 42.5 Å². The molecule has 0 bridgehead atoms. The summed E-state index contributed by atoms with van der Waals surface area (Å²) in [6.45, 7) is 1.87. The van der Waals surface area contributed by atoms with Crippen LogP contribution in [0.2, 0.25) is 0 Å². The number of fused-ring (bicyclic) bond motifs is 1. The van der Waals surface area contributed by atoms with E-state index in [1.165, 1.54) is 0 Å². The zero-order chi connectivity index (χ0) is 23.2. The number of unbranched alkanes of at least 4 members (excludes halogenated alkanes) is 2. The quantitative estimate of drug-likeness (QED) is 0.272. The van der Waals surface area contributed by atoms with Crippen molar-refractivity contribution in [2.75, 3.05) is 40.3 Å². The van der Waals surface area contributed by atoms with Crippen LogP contribution in [0.3, 0.4) is 0 Å². The van der Waals surface area contributed by atoms with Crippen molar-refractivity contribution in [3.63, 3.8) is 0 Å². The van der Waals surface area contributed by atoms with Gasteiger partial charge in [0, 0.05) is 18.4 Å². The van der Waals surface area contributed by atoms with Gasteiger partial charge in [0.2, 0.25) is 5.91 Å². The molecule has 176 valence electrons. The van der Waals surface area contributed by atoms with Gasteiger partial charge in [-0.05, 0) is 51.4 Å². The van der Waals surface area contributed by atoms with E-state index in [9.17, 15) is 9.59 Å². The van der Waals surface area contributed by atoms with Crippen LogP contribution in [0.15, 0.2) is 42.5 Å². The van der Waals surface area contributed by atoms with E-state index in [1.807, 2.05) is 62.0 Å². The van der Waals surface area contributed by atoms with Crippen LogP contribution in [0, 0.1) is 5.92 Å². The SMILES string of the molecule is CN(C)CCCNC(=O)C(CCCCCC(=O)CNO)COc1cccc2ccccc12. The molecule has 1 unspecified atom stereocenters. The molecule has 1 amide bonds. The number of rotatable bonds is 16. The van der Waals surface area contributed by atoms with Gasteiger partial charge in [-0.25, -0.2) is 0 Å². The van der Waals surface area contributed by atoms with E-state index in [0.29, 0.717) is 26.0 Å². The molecule has 0 aliphatic carbocycles. The molecule has 2 aromatic rings. The van der Waals surface area contributed by atoms with Gasteiger partial charge in [-0.1, -0.05) is 49.2 Å². The summed E-state index contributed by atoms with van der Waals surface area (Å²) in [6.07, 6.45) is 4.49. The summed E-state index contributed by atoms with van der Waals surface area (Å²) < 4.78 is 6.12. The van der Waals surface area contributed by atoms with Gasteiger partial charge >= 0.3 is 0 Å². The van der Waals surface area contributed by atoms with Crippen molar-refractivity contribution in [1.29, 1.82) is 0 Å². The first-order valence-corrected chi connectivity index (χ1v) is 11.4. The molecule has 7 nitrogen and oxygen atoms in total. The molecule has 2 rings (SSSR count). The molecule has 0 fully saturated rings. The highest BCUT2D eigenvalue weighted by Gasteiger charge is 2.19. The van der Waals surface area contributed by atoms with Crippen molar-refractivity contribution < 1.29 is 19.5 Å². The number of hydrogen-bond donors (Lipinski definition) is 3. The zero-order valence-electron chi connectivity index (χ0n) is 19.3.